The minimum atomic E-state index is -3.92. The van der Waals surface area contributed by atoms with E-state index in [0.29, 0.717) is 25.0 Å². The maximum Gasteiger partial charge on any atom is 2.00 e. The van der Waals surface area contributed by atoms with E-state index in [4.69, 9.17) is 51.9 Å². The fourth-order valence-corrected chi connectivity index (χ4v) is 0. The Balaban J connectivity index is -0.0000000376. The van der Waals surface area contributed by atoms with Crippen LogP contribution in [-0.4, -0.2) is 76.9 Å². The molecule has 0 aromatic rings. The molecule has 0 fully saturated rings. The minimum absolute atomic E-state index is 0. The largest absolute Gasteiger partial charge is 2.00 e. The maximum atomic E-state index is 9.08. The van der Waals surface area contributed by atoms with Crippen LogP contribution in [0.15, 0.2) is 0 Å². The van der Waals surface area contributed by atoms with E-state index in [9.17, 15) is 0 Å². The number of hydrogen-bond donors (Lipinski definition) is 0. The molecule has 0 amide bonds. The maximum absolute atomic E-state index is 9.08. The van der Waals surface area contributed by atoms with Crippen molar-refractivity contribution in [3.05, 3.63) is 0 Å². The first-order valence-electron chi connectivity index (χ1n) is 3.63. The van der Waals surface area contributed by atoms with Crippen LogP contribution in [0.4, 0.5) is 0 Å². The predicted octanol–water partition coefficient (Wildman–Crippen LogP) is -3.36. The van der Waals surface area contributed by atoms with Crippen molar-refractivity contribution in [1.82, 2.24) is 0 Å². The zero-order chi connectivity index (χ0) is 18.0. The van der Waals surface area contributed by atoms with Gasteiger partial charge in [-0.3, -0.25) is 0 Å². The summed E-state index contributed by atoms with van der Waals surface area (Å²) in [5.74, 6) is 0. The third-order valence-corrected chi connectivity index (χ3v) is 0. The van der Waals surface area contributed by atoms with Crippen molar-refractivity contribution >= 4 is 40.5 Å². The van der Waals surface area contributed by atoms with E-state index in [-0.39, 0.29) is 40.8 Å². The van der Waals surface area contributed by atoms with Crippen LogP contribution in [-0.2, 0) is 81.3 Å². The first-order valence-corrected chi connectivity index (χ1v) is 10.9. The monoisotopic (exact) mass is 592 g/mol. The molecule has 0 rings (SSSR count). The molecule has 144 valence electrons. The average molecular weight is 593 g/mol. The van der Waals surface area contributed by atoms with Gasteiger partial charge in [-0.1, -0.05) is 0 Å². The van der Waals surface area contributed by atoms with Gasteiger partial charge in [-0.25, -0.2) is 33.7 Å². The van der Waals surface area contributed by atoms with Gasteiger partial charge in [-0.05, 0) is 0 Å². The van der Waals surface area contributed by atoms with E-state index in [1.165, 1.54) is 0 Å². The van der Waals surface area contributed by atoms with Crippen LogP contribution in [0.25, 0.3) is 0 Å². The Labute approximate surface area is 157 Å². The van der Waals surface area contributed by atoms with Crippen molar-refractivity contribution in [3.8, 4) is 0 Å². The van der Waals surface area contributed by atoms with Gasteiger partial charge in [-0.2, -0.15) is 0 Å². The smallest absolute Gasteiger partial charge is 0.748 e. The molecule has 0 unspecified atom stereocenters. The standard InChI is InChI=1S/4CH4O3S.2Pd/c4*1-5(2,3)4;;/h4*1H3,(H,2,3,4);;/q;;;;2*+2/p-4. The van der Waals surface area contributed by atoms with Gasteiger partial charge in [0.2, 0.25) is 0 Å². The van der Waals surface area contributed by atoms with E-state index in [1.807, 2.05) is 0 Å². The Morgan fingerprint density at radius 3 is 0.409 bits per heavy atom. The van der Waals surface area contributed by atoms with E-state index < -0.39 is 40.5 Å². The molecule has 22 heavy (non-hydrogen) atoms. The summed E-state index contributed by atoms with van der Waals surface area (Å²) in [6.45, 7) is 0. The van der Waals surface area contributed by atoms with Gasteiger partial charge in [0.25, 0.3) is 0 Å². The van der Waals surface area contributed by atoms with E-state index in [1.54, 1.807) is 0 Å². The summed E-state index contributed by atoms with van der Waals surface area (Å²) in [6.07, 6.45) is 2.42. The van der Waals surface area contributed by atoms with Crippen LogP contribution in [0.2, 0.25) is 0 Å². The summed E-state index contributed by atoms with van der Waals surface area (Å²) in [7, 11) is -15.7. The van der Waals surface area contributed by atoms with Crippen LogP contribution in [0.1, 0.15) is 0 Å². The summed E-state index contributed by atoms with van der Waals surface area (Å²) in [4.78, 5) is 0. The Bertz CT molecular complexity index is 490. The molecular formula is C4H12O12Pd2S4. The van der Waals surface area contributed by atoms with Crippen LogP contribution in [0.5, 0.6) is 0 Å². The molecule has 18 heteroatoms. The van der Waals surface area contributed by atoms with Gasteiger partial charge in [-0.15, -0.1) is 0 Å². The molecule has 0 saturated carbocycles. The topological polar surface area (TPSA) is 229 Å². The molecule has 0 saturated heterocycles. The second-order valence-corrected chi connectivity index (χ2v) is 8.45. The zero-order valence-electron chi connectivity index (χ0n) is 11.2. The molecule has 0 N–H and O–H groups in total. The Morgan fingerprint density at radius 1 is 0.409 bits per heavy atom. The fraction of sp³-hybridized carbons (Fsp3) is 1.00. The molecule has 0 aliphatic rings. The normalized spacial score (nSPS) is 10.5. The van der Waals surface area contributed by atoms with Gasteiger partial charge in [0.1, 0.15) is 0 Å². The second kappa shape index (κ2) is 15.5. The SMILES string of the molecule is CS(=O)(=O)[O-].CS(=O)(=O)[O-].CS(=O)(=O)[O-].CS(=O)(=O)[O-].[Pd+2].[Pd+2]. The Hall–Kier alpha value is 0.965. The Morgan fingerprint density at radius 2 is 0.409 bits per heavy atom. The summed E-state index contributed by atoms with van der Waals surface area (Å²) in [6, 6.07) is 0. The van der Waals surface area contributed by atoms with Gasteiger partial charge in [0.15, 0.2) is 0 Å². The van der Waals surface area contributed by atoms with Crippen molar-refractivity contribution in [2.24, 2.45) is 0 Å². The van der Waals surface area contributed by atoms with Crippen LogP contribution < -0.4 is 0 Å². The van der Waals surface area contributed by atoms with Crippen LogP contribution >= 0.6 is 0 Å². The van der Waals surface area contributed by atoms with Crippen LogP contribution in [0, 0.1) is 0 Å². The third kappa shape index (κ3) is 8980. The van der Waals surface area contributed by atoms with E-state index in [2.05, 4.69) is 0 Å². The number of rotatable bonds is 0. The fourth-order valence-electron chi connectivity index (χ4n) is 0. The number of hydrogen-bond acceptors (Lipinski definition) is 12. The van der Waals surface area contributed by atoms with Crippen molar-refractivity contribution < 1.29 is 92.7 Å². The van der Waals surface area contributed by atoms with Crippen molar-refractivity contribution in [3.63, 3.8) is 0 Å². The molecule has 0 heterocycles. The van der Waals surface area contributed by atoms with Gasteiger partial charge in [0.05, 0.1) is 40.5 Å². The van der Waals surface area contributed by atoms with E-state index >= 15 is 0 Å². The van der Waals surface area contributed by atoms with Gasteiger partial charge < -0.3 is 18.2 Å². The van der Waals surface area contributed by atoms with Crippen molar-refractivity contribution in [1.29, 1.82) is 0 Å². The molecule has 0 radical (unpaired) electrons. The molecule has 0 aromatic heterocycles. The third-order valence-electron chi connectivity index (χ3n) is 0. The average Bonchev–Trinajstić information content (AvgIpc) is 1.62. The summed E-state index contributed by atoms with van der Waals surface area (Å²) < 4.78 is 109. The molecule has 0 atom stereocenters. The summed E-state index contributed by atoms with van der Waals surface area (Å²) in [5.41, 5.74) is 0. The molecule has 0 aliphatic carbocycles. The molecule has 0 aliphatic heterocycles. The first kappa shape index (κ1) is 38.5. The quantitative estimate of drug-likeness (QED) is 0.198. The van der Waals surface area contributed by atoms with Crippen molar-refractivity contribution in [2.75, 3.05) is 25.0 Å². The summed E-state index contributed by atoms with van der Waals surface area (Å²) in [5, 5.41) is 0. The molecule has 12 nitrogen and oxygen atoms in total. The predicted molar refractivity (Wildman–Crippen MR) is 62.5 cm³/mol. The van der Waals surface area contributed by atoms with Crippen molar-refractivity contribution in [2.45, 2.75) is 0 Å². The van der Waals surface area contributed by atoms with E-state index in [0.717, 1.165) is 0 Å². The molecular weight excluding hydrogens is 581 g/mol. The van der Waals surface area contributed by atoms with Gasteiger partial charge in [0, 0.05) is 25.0 Å². The Kier molecular flexibility index (Phi) is 27.1. The van der Waals surface area contributed by atoms with Crippen LogP contribution in [0.3, 0.4) is 0 Å². The second-order valence-electron chi connectivity index (χ2n) is 2.82. The minimum Gasteiger partial charge on any atom is -0.748 e. The summed E-state index contributed by atoms with van der Waals surface area (Å²) >= 11 is 0. The first-order chi connectivity index (χ1) is 8.00. The van der Waals surface area contributed by atoms with Gasteiger partial charge >= 0.3 is 40.8 Å². The molecule has 0 bridgehead atoms. The zero-order valence-corrected chi connectivity index (χ0v) is 17.5. The molecule has 0 aromatic carbocycles. The molecule has 0 spiro atoms.